The molecule has 0 saturated carbocycles. The highest BCUT2D eigenvalue weighted by atomic mass is 32.2. The van der Waals surface area contributed by atoms with E-state index in [-0.39, 0.29) is 17.4 Å². The molecule has 0 bridgehead atoms. The normalized spacial score (nSPS) is 16.5. The molecule has 1 amide bonds. The van der Waals surface area contributed by atoms with Crippen LogP contribution in [0.3, 0.4) is 0 Å². The quantitative estimate of drug-likeness (QED) is 0.501. The zero-order valence-electron chi connectivity index (χ0n) is 12.3. The molecule has 0 aliphatic carbocycles. The van der Waals surface area contributed by atoms with Crippen LogP contribution in [0.4, 0.5) is 0 Å². The Morgan fingerprint density at radius 2 is 1.50 bits per heavy atom. The van der Waals surface area contributed by atoms with Crippen molar-refractivity contribution < 1.29 is 15.0 Å². The second-order valence-corrected chi connectivity index (χ2v) is 6.60. The molecule has 0 atom stereocenters. The van der Waals surface area contributed by atoms with Gasteiger partial charge in [0.05, 0.1) is 11.1 Å². The molecular weight excluding hydrogens is 344 g/mol. The fourth-order valence-electron chi connectivity index (χ4n) is 1.97. The summed E-state index contributed by atoms with van der Waals surface area (Å²) in [5.41, 5.74) is 1.53. The van der Waals surface area contributed by atoms with E-state index in [9.17, 15) is 15.0 Å². The molecule has 1 aliphatic heterocycles. The van der Waals surface area contributed by atoms with Crippen LogP contribution in [0.25, 0.3) is 6.08 Å². The first-order valence-electron chi connectivity index (χ1n) is 6.93. The van der Waals surface area contributed by atoms with E-state index >= 15 is 0 Å². The molecular formula is C17H12N2O3S2. The lowest BCUT2D eigenvalue weighted by atomic mass is 10.2. The predicted molar refractivity (Wildman–Crippen MR) is 98.8 cm³/mol. The Balaban J connectivity index is 1.78. The fourth-order valence-corrected chi connectivity index (χ4v) is 3.14. The number of hydrazone groups is 1. The van der Waals surface area contributed by atoms with Crippen LogP contribution in [0.2, 0.25) is 0 Å². The van der Waals surface area contributed by atoms with Crippen LogP contribution in [0.15, 0.2) is 58.5 Å². The highest BCUT2D eigenvalue weighted by Gasteiger charge is 2.31. The molecule has 1 aliphatic rings. The number of phenolic OH excluding ortho intramolecular Hbond substituents is 2. The van der Waals surface area contributed by atoms with E-state index in [0.29, 0.717) is 9.23 Å². The van der Waals surface area contributed by atoms with E-state index in [2.05, 4.69) is 5.10 Å². The lowest BCUT2D eigenvalue weighted by Gasteiger charge is -2.06. The maximum atomic E-state index is 12.4. The number of carbonyl (C=O) groups excluding carboxylic acids is 1. The van der Waals surface area contributed by atoms with E-state index in [1.807, 2.05) is 0 Å². The number of rotatable bonds is 3. The van der Waals surface area contributed by atoms with Gasteiger partial charge in [0.2, 0.25) is 0 Å². The van der Waals surface area contributed by atoms with Crippen molar-refractivity contribution in [2.45, 2.75) is 0 Å². The summed E-state index contributed by atoms with van der Waals surface area (Å²) in [4.78, 5) is 12.9. The first-order valence-corrected chi connectivity index (χ1v) is 8.15. The highest BCUT2D eigenvalue weighted by molar-refractivity contribution is 8.26. The highest BCUT2D eigenvalue weighted by Crippen LogP contribution is 2.32. The summed E-state index contributed by atoms with van der Waals surface area (Å²) in [6, 6.07) is 13.0. The predicted octanol–water partition coefficient (Wildman–Crippen LogP) is 3.33. The minimum absolute atomic E-state index is 0.162. The molecule has 0 spiro atoms. The van der Waals surface area contributed by atoms with Gasteiger partial charge in [-0.1, -0.05) is 23.9 Å². The topological polar surface area (TPSA) is 73.1 Å². The maximum Gasteiger partial charge on any atom is 0.286 e. The summed E-state index contributed by atoms with van der Waals surface area (Å²) in [5.74, 6) is 0.0286. The third-order valence-corrected chi connectivity index (χ3v) is 4.46. The van der Waals surface area contributed by atoms with Crippen LogP contribution < -0.4 is 0 Å². The van der Waals surface area contributed by atoms with Crippen LogP contribution in [0.5, 0.6) is 11.5 Å². The average Bonchev–Trinajstić information content (AvgIpc) is 2.83. The monoisotopic (exact) mass is 356 g/mol. The SMILES string of the molecule is O=C1/C(=C\c2ccc(O)cc2)SC(=S)N1N=Cc1ccc(O)cc1. The van der Waals surface area contributed by atoms with Crippen LogP contribution in [0.1, 0.15) is 11.1 Å². The number of amides is 1. The molecule has 1 fully saturated rings. The smallest absolute Gasteiger partial charge is 0.286 e. The van der Waals surface area contributed by atoms with Gasteiger partial charge in [0.25, 0.3) is 5.91 Å². The van der Waals surface area contributed by atoms with E-state index in [1.165, 1.54) is 35.1 Å². The Morgan fingerprint density at radius 1 is 0.958 bits per heavy atom. The van der Waals surface area contributed by atoms with Crippen LogP contribution >= 0.6 is 24.0 Å². The zero-order valence-corrected chi connectivity index (χ0v) is 13.9. The summed E-state index contributed by atoms with van der Waals surface area (Å²) in [6.45, 7) is 0. The molecule has 0 aromatic heterocycles. The number of aromatic hydroxyl groups is 2. The molecule has 5 nitrogen and oxygen atoms in total. The third-order valence-electron chi connectivity index (χ3n) is 3.18. The molecule has 2 aromatic rings. The standard InChI is InChI=1S/C17H12N2O3S2/c20-13-5-1-11(2-6-13)9-15-16(22)19(17(23)24-15)18-10-12-3-7-14(21)8-4-12/h1-10,20-21H/b15-9+,18-10?. The van der Waals surface area contributed by atoms with Crippen molar-refractivity contribution in [3.63, 3.8) is 0 Å². The van der Waals surface area contributed by atoms with Crippen molar-refractivity contribution in [3.05, 3.63) is 64.6 Å². The average molecular weight is 356 g/mol. The van der Waals surface area contributed by atoms with Gasteiger partial charge in [-0.25, -0.2) is 0 Å². The van der Waals surface area contributed by atoms with E-state index in [0.717, 1.165) is 11.1 Å². The number of thioether (sulfide) groups is 1. The van der Waals surface area contributed by atoms with E-state index in [4.69, 9.17) is 12.2 Å². The number of hydrogen-bond donors (Lipinski definition) is 2. The minimum Gasteiger partial charge on any atom is -0.508 e. The van der Waals surface area contributed by atoms with Gasteiger partial charge in [0.15, 0.2) is 4.32 Å². The maximum absolute atomic E-state index is 12.4. The zero-order chi connectivity index (χ0) is 17.1. The first-order chi connectivity index (χ1) is 11.5. The Kier molecular flexibility index (Phi) is 4.64. The van der Waals surface area contributed by atoms with Gasteiger partial charge in [-0.15, -0.1) is 0 Å². The Morgan fingerprint density at radius 3 is 2.08 bits per heavy atom. The number of phenols is 2. The summed E-state index contributed by atoms with van der Waals surface area (Å²) < 4.78 is 0.347. The Labute approximate surface area is 147 Å². The summed E-state index contributed by atoms with van der Waals surface area (Å²) >= 11 is 6.37. The van der Waals surface area contributed by atoms with Crippen molar-refractivity contribution in [3.8, 4) is 11.5 Å². The van der Waals surface area contributed by atoms with Crippen LogP contribution in [-0.2, 0) is 4.79 Å². The van der Waals surface area contributed by atoms with Gasteiger partial charge in [-0.3, -0.25) is 4.79 Å². The summed E-state index contributed by atoms with van der Waals surface area (Å²) in [5, 5.41) is 23.8. The molecule has 2 N–H and O–H groups in total. The van der Waals surface area contributed by atoms with Crippen molar-refractivity contribution in [1.82, 2.24) is 5.01 Å². The van der Waals surface area contributed by atoms with Crippen molar-refractivity contribution in [2.24, 2.45) is 5.10 Å². The number of benzene rings is 2. The van der Waals surface area contributed by atoms with Crippen LogP contribution in [-0.4, -0.2) is 31.7 Å². The number of carbonyl (C=O) groups is 1. The molecule has 1 heterocycles. The third kappa shape index (κ3) is 3.64. The van der Waals surface area contributed by atoms with Crippen LogP contribution in [0, 0.1) is 0 Å². The molecule has 0 unspecified atom stereocenters. The van der Waals surface area contributed by atoms with Gasteiger partial charge in [0, 0.05) is 0 Å². The number of nitrogens with zero attached hydrogens (tertiary/aromatic N) is 2. The van der Waals surface area contributed by atoms with Gasteiger partial charge >= 0.3 is 0 Å². The molecule has 24 heavy (non-hydrogen) atoms. The largest absolute Gasteiger partial charge is 0.508 e. The number of thiocarbonyl (C=S) groups is 1. The summed E-state index contributed by atoms with van der Waals surface area (Å²) in [6.07, 6.45) is 3.21. The molecule has 1 saturated heterocycles. The van der Waals surface area contributed by atoms with Gasteiger partial charge in [0.1, 0.15) is 11.5 Å². The van der Waals surface area contributed by atoms with E-state index in [1.54, 1.807) is 42.5 Å². The Bertz CT molecular complexity index is 843. The van der Waals surface area contributed by atoms with Crippen molar-refractivity contribution >= 4 is 46.5 Å². The fraction of sp³-hybridized carbons (Fsp3) is 0. The molecule has 0 radical (unpaired) electrons. The molecule has 7 heteroatoms. The van der Waals surface area contributed by atoms with Gasteiger partial charge < -0.3 is 10.2 Å². The van der Waals surface area contributed by atoms with E-state index < -0.39 is 0 Å². The van der Waals surface area contributed by atoms with Gasteiger partial charge in [-0.2, -0.15) is 10.1 Å². The number of hydrogen-bond acceptors (Lipinski definition) is 6. The first kappa shape index (κ1) is 16.2. The van der Waals surface area contributed by atoms with Gasteiger partial charge in [-0.05, 0) is 65.8 Å². The Hall–Kier alpha value is -2.64. The second kappa shape index (κ2) is 6.86. The molecule has 2 aromatic carbocycles. The van der Waals surface area contributed by atoms with Crippen molar-refractivity contribution in [2.75, 3.05) is 0 Å². The minimum atomic E-state index is -0.298. The van der Waals surface area contributed by atoms with Crippen molar-refractivity contribution in [1.29, 1.82) is 0 Å². The lowest BCUT2D eigenvalue weighted by molar-refractivity contribution is -0.122. The second-order valence-electron chi connectivity index (χ2n) is 4.92. The lowest BCUT2D eigenvalue weighted by Crippen LogP contribution is -2.22. The molecule has 120 valence electrons. The molecule has 3 rings (SSSR count). The summed E-state index contributed by atoms with van der Waals surface area (Å²) in [7, 11) is 0.